The lowest BCUT2D eigenvalue weighted by Gasteiger charge is -2.29. The molecule has 6 nitrogen and oxygen atoms in total. The third-order valence-electron chi connectivity index (χ3n) is 5.90. The van der Waals surface area contributed by atoms with Gasteiger partial charge in [0.05, 0.1) is 20.2 Å². The first kappa shape index (κ1) is 26.1. The van der Waals surface area contributed by atoms with Gasteiger partial charge in [-0.15, -0.1) is 0 Å². The molecular formula is C29H37N3O3. The van der Waals surface area contributed by atoms with Crippen LogP contribution < -0.4 is 4.74 Å². The molecule has 1 aromatic heterocycles. The summed E-state index contributed by atoms with van der Waals surface area (Å²) in [7, 11) is 1.67. The summed E-state index contributed by atoms with van der Waals surface area (Å²) in [5.74, 6) is 1.07. The lowest BCUT2D eigenvalue weighted by molar-refractivity contribution is -0.141. The Morgan fingerprint density at radius 2 is 1.63 bits per heavy atom. The molecule has 0 bridgehead atoms. The number of aromatic nitrogens is 1. The molecule has 3 aromatic rings. The van der Waals surface area contributed by atoms with Crippen LogP contribution in [-0.4, -0.2) is 46.4 Å². The SMILES string of the molecule is CCC(=O)N(CC(=O)N(Cc1ccccc1)Cc1cccn1Cc1cccc(OC)c1)CC(C)C. The van der Waals surface area contributed by atoms with Crippen molar-refractivity contribution in [1.82, 2.24) is 14.4 Å². The first-order chi connectivity index (χ1) is 16.9. The van der Waals surface area contributed by atoms with Gasteiger partial charge in [-0.2, -0.15) is 0 Å². The Morgan fingerprint density at radius 1 is 0.886 bits per heavy atom. The number of carbonyl (C=O) groups is 2. The average Bonchev–Trinajstić information content (AvgIpc) is 3.29. The maximum absolute atomic E-state index is 13.5. The van der Waals surface area contributed by atoms with Crippen molar-refractivity contribution in [2.24, 2.45) is 5.92 Å². The highest BCUT2D eigenvalue weighted by molar-refractivity contribution is 5.84. The fourth-order valence-electron chi connectivity index (χ4n) is 4.13. The maximum atomic E-state index is 13.5. The van der Waals surface area contributed by atoms with Gasteiger partial charge in [0.2, 0.25) is 11.8 Å². The fourth-order valence-corrected chi connectivity index (χ4v) is 4.13. The molecule has 0 unspecified atom stereocenters. The van der Waals surface area contributed by atoms with Crippen molar-refractivity contribution < 1.29 is 14.3 Å². The van der Waals surface area contributed by atoms with Crippen molar-refractivity contribution in [3.63, 3.8) is 0 Å². The van der Waals surface area contributed by atoms with E-state index >= 15 is 0 Å². The van der Waals surface area contributed by atoms with Gasteiger partial charge >= 0.3 is 0 Å². The van der Waals surface area contributed by atoms with E-state index in [0.29, 0.717) is 38.5 Å². The summed E-state index contributed by atoms with van der Waals surface area (Å²) in [4.78, 5) is 29.6. The molecule has 0 aliphatic rings. The number of methoxy groups -OCH3 is 1. The van der Waals surface area contributed by atoms with E-state index in [1.54, 1.807) is 12.0 Å². The summed E-state index contributed by atoms with van der Waals surface area (Å²) >= 11 is 0. The van der Waals surface area contributed by atoms with E-state index in [2.05, 4.69) is 30.5 Å². The van der Waals surface area contributed by atoms with Crippen LogP contribution in [0, 0.1) is 5.92 Å². The van der Waals surface area contributed by atoms with Crippen LogP contribution in [0.4, 0.5) is 0 Å². The second-order valence-corrected chi connectivity index (χ2v) is 9.24. The molecule has 2 aromatic carbocycles. The minimum atomic E-state index is -0.0505. The second-order valence-electron chi connectivity index (χ2n) is 9.24. The van der Waals surface area contributed by atoms with Gasteiger partial charge in [0.15, 0.2) is 0 Å². The van der Waals surface area contributed by atoms with E-state index < -0.39 is 0 Å². The Hall–Kier alpha value is -3.54. The molecule has 0 saturated carbocycles. The summed E-state index contributed by atoms with van der Waals surface area (Å²) in [6, 6.07) is 22.1. The minimum Gasteiger partial charge on any atom is -0.497 e. The van der Waals surface area contributed by atoms with Gasteiger partial charge < -0.3 is 19.1 Å². The van der Waals surface area contributed by atoms with E-state index in [0.717, 1.165) is 22.6 Å². The van der Waals surface area contributed by atoms with E-state index in [9.17, 15) is 9.59 Å². The van der Waals surface area contributed by atoms with Crippen LogP contribution in [0.1, 0.15) is 44.0 Å². The standard InChI is InChI=1S/C29H37N3O3/c1-5-28(33)31(18-23(2)3)22-29(34)32(19-24-11-7-6-8-12-24)21-26-14-10-16-30(26)20-25-13-9-15-27(17-25)35-4/h6-17,23H,5,18-22H2,1-4H3. The Kier molecular flexibility index (Phi) is 9.53. The Morgan fingerprint density at radius 3 is 2.31 bits per heavy atom. The van der Waals surface area contributed by atoms with E-state index in [4.69, 9.17) is 4.74 Å². The van der Waals surface area contributed by atoms with Gasteiger partial charge in [0.1, 0.15) is 5.75 Å². The molecule has 0 N–H and O–H groups in total. The molecule has 0 spiro atoms. The van der Waals surface area contributed by atoms with E-state index in [1.165, 1.54) is 0 Å². The van der Waals surface area contributed by atoms with E-state index in [1.807, 2.05) is 72.6 Å². The monoisotopic (exact) mass is 475 g/mol. The first-order valence-corrected chi connectivity index (χ1v) is 12.3. The Bertz CT molecular complexity index is 1090. The molecule has 186 valence electrons. The quantitative estimate of drug-likeness (QED) is 0.372. The van der Waals surface area contributed by atoms with Gasteiger partial charge in [-0.3, -0.25) is 9.59 Å². The largest absolute Gasteiger partial charge is 0.497 e. The highest BCUT2D eigenvalue weighted by atomic mass is 16.5. The van der Waals surface area contributed by atoms with Crippen molar-refractivity contribution in [3.8, 4) is 5.75 Å². The predicted molar refractivity (Wildman–Crippen MR) is 139 cm³/mol. The first-order valence-electron chi connectivity index (χ1n) is 12.3. The number of amides is 2. The number of nitrogens with zero attached hydrogens (tertiary/aromatic N) is 3. The average molecular weight is 476 g/mol. The van der Waals surface area contributed by atoms with Crippen LogP contribution in [0.5, 0.6) is 5.75 Å². The summed E-state index contributed by atoms with van der Waals surface area (Å²) < 4.78 is 7.52. The second kappa shape index (κ2) is 12.8. The topological polar surface area (TPSA) is 54.8 Å². The third-order valence-corrected chi connectivity index (χ3v) is 5.90. The molecule has 0 aliphatic carbocycles. The number of rotatable bonds is 12. The smallest absolute Gasteiger partial charge is 0.242 e. The van der Waals surface area contributed by atoms with Gasteiger partial charge in [-0.1, -0.05) is 63.2 Å². The molecular weight excluding hydrogens is 438 g/mol. The summed E-state index contributed by atoms with van der Waals surface area (Å²) in [6.45, 7) is 8.26. The van der Waals surface area contributed by atoms with Crippen molar-refractivity contribution >= 4 is 11.8 Å². The number of hydrogen-bond acceptors (Lipinski definition) is 3. The van der Waals surface area contributed by atoms with Crippen LogP contribution in [0.3, 0.4) is 0 Å². The van der Waals surface area contributed by atoms with Gasteiger partial charge in [0.25, 0.3) is 0 Å². The lowest BCUT2D eigenvalue weighted by atomic mass is 10.1. The highest BCUT2D eigenvalue weighted by Gasteiger charge is 2.22. The zero-order valence-electron chi connectivity index (χ0n) is 21.3. The highest BCUT2D eigenvalue weighted by Crippen LogP contribution is 2.17. The number of carbonyl (C=O) groups excluding carboxylic acids is 2. The summed E-state index contributed by atoms with van der Waals surface area (Å²) in [5.41, 5.74) is 3.22. The number of hydrogen-bond donors (Lipinski definition) is 0. The van der Waals surface area contributed by atoms with Gasteiger partial charge in [-0.05, 0) is 41.3 Å². The zero-order valence-corrected chi connectivity index (χ0v) is 21.3. The number of benzene rings is 2. The van der Waals surface area contributed by atoms with Crippen LogP contribution >= 0.6 is 0 Å². The van der Waals surface area contributed by atoms with Gasteiger partial charge in [-0.25, -0.2) is 0 Å². The normalized spacial score (nSPS) is 10.9. The van der Waals surface area contributed by atoms with Crippen molar-refractivity contribution in [3.05, 3.63) is 89.7 Å². The fraction of sp³-hybridized carbons (Fsp3) is 0.379. The van der Waals surface area contributed by atoms with Gasteiger partial charge in [0, 0.05) is 37.9 Å². The molecule has 6 heteroatoms. The molecule has 3 rings (SSSR count). The van der Waals surface area contributed by atoms with Crippen LogP contribution in [-0.2, 0) is 29.2 Å². The number of ether oxygens (including phenoxy) is 1. The van der Waals surface area contributed by atoms with E-state index in [-0.39, 0.29) is 18.4 Å². The lowest BCUT2D eigenvalue weighted by Crippen LogP contribution is -2.43. The zero-order chi connectivity index (χ0) is 25.2. The molecule has 0 radical (unpaired) electrons. The molecule has 0 aliphatic heterocycles. The van der Waals surface area contributed by atoms with Crippen LogP contribution in [0.2, 0.25) is 0 Å². The molecule has 0 fully saturated rings. The minimum absolute atomic E-state index is 0.00751. The summed E-state index contributed by atoms with van der Waals surface area (Å²) in [5, 5.41) is 0. The Labute approximate surface area is 209 Å². The summed E-state index contributed by atoms with van der Waals surface area (Å²) in [6.07, 6.45) is 2.42. The molecule has 1 heterocycles. The third kappa shape index (κ3) is 7.74. The molecule has 35 heavy (non-hydrogen) atoms. The molecule has 2 amide bonds. The van der Waals surface area contributed by atoms with Crippen molar-refractivity contribution in [1.29, 1.82) is 0 Å². The predicted octanol–water partition coefficient (Wildman–Crippen LogP) is 4.97. The van der Waals surface area contributed by atoms with Crippen LogP contribution in [0.15, 0.2) is 72.9 Å². The van der Waals surface area contributed by atoms with Crippen molar-refractivity contribution in [2.75, 3.05) is 20.2 Å². The molecule has 0 saturated heterocycles. The van der Waals surface area contributed by atoms with Crippen LogP contribution in [0.25, 0.3) is 0 Å². The Balaban J connectivity index is 1.82. The maximum Gasteiger partial charge on any atom is 0.242 e. The molecule has 0 atom stereocenters. The van der Waals surface area contributed by atoms with Crippen molar-refractivity contribution in [2.45, 2.75) is 46.8 Å².